The molecule has 0 aliphatic heterocycles. The molecule has 6 rings (SSSR count). The van der Waals surface area contributed by atoms with Crippen molar-refractivity contribution in [1.82, 2.24) is 9.55 Å². The van der Waals surface area contributed by atoms with Gasteiger partial charge in [-0.05, 0) is 73.6 Å². The topological polar surface area (TPSA) is 58.3 Å². The summed E-state index contributed by atoms with van der Waals surface area (Å²) in [4.78, 5) is 4.79. The summed E-state index contributed by atoms with van der Waals surface area (Å²) in [7, 11) is 0. The smallest absolute Gasteiger partial charge is 0.0774 e. The van der Waals surface area contributed by atoms with E-state index < -0.39 is 0 Å². The number of hydrogen-bond acceptors (Lipinski definition) is 3. The molecule has 4 nitrogen and oxygen atoms in total. The quantitative estimate of drug-likeness (QED) is 0.230. The first-order chi connectivity index (χ1) is 18.0. The Morgan fingerprint density at radius 1 is 0.842 bits per heavy atom. The molecular formula is C33H39IrN2O2-. The Balaban J connectivity index is 0.000000179. The number of aliphatic hydroxyl groups is 2. The van der Waals surface area contributed by atoms with Crippen LogP contribution in [-0.2, 0) is 20.1 Å². The predicted octanol–water partition coefficient (Wildman–Crippen LogP) is 6.93. The third-order valence-electron chi connectivity index (χ3n) is 8.60. The van der Waals surface area contributed by atoms with E-state index in [-0.39, 0.29) is 38.2 Å². The van der Waals surface area contributed by atoms with Crippen LogP contribution >= 0.6 is 0 Å². The van der Waals surface area contributed by atoms with Gasteiger partial charge in [0.25, 0.3) is 0 Å². The van der Waals surface area contributed by atoms with Gasteiger partial charge < -0.3 is 14.8 Å². The van der Waals surface area contributed by atoms with Crippen LogP contribution in [0.25, 0.3) is 28.1 Å². The summed E-state index contributed by atoms with van der Waals surface area (Å²) in [5, 5.41) is 20.7. The van der Waals surface area contributed by atoms with Gasteiger partial charge in [0.15, 0.2) is 0 Å². The number of imidazole rings is 1. The van der Waals surface area contributed by atoms with Gasteiger partial charge in [-0.15, -0.1) is 35.9 Å². The minimum absolute atomic E-state index is 0. The van der Waals surface area contributed by atoms with E-state index in [0.29, 0.717) is 23.7 Å². The zero-order chi connectivity index (χ0) is 25.9. The van der Waals surface area contributed by atoms with Crippen LogP contribution in [-0.4, -0.2) is 32.0 Å². The van der Waals surface area contributed by atoms with Crippen LogP contribution in [0.1, 0.15) is 46.5 Å². The van der Waals surface area contributed by atoms with Crippen molar-refractivity contribution in [3.63, 3.8) is 0 Å². The molecule has 1 heterocycles. The summed E-state index contributed by atoms with van der Waals surface area (Å²) >= 11 is 0. The minimum Gasteiger partial charge on any atom is -0.392 e. The average Bonchev–Trinajstić information content (AvgIpc) is 3.32. The van der Waals surface area contributed by atoms with Crippen molar-refractivity contribution in [3.05, 3.63) is 84.9 Å². The fourth-order valence-electron chi connectivity index (χ4n) is 6.48. The molecule has 3 aromatic carbocycles. The van der Waals surface area contributed by atoms with E-state index in [1.165, 1.54) is 12.8 Å². The molecule has 2 saturated carbocycles. The van der Waals surface area contributed by atoms with Crippen molar-refractivity contribution in [3.8, 4) is 17.1 Å². The predicted molar refractivity (Wildman–Crippen MR) is 150 cm³/mol. The fraction of sp³-hybridized carbons (Fsp3) is 0.424. The summed E-state index contributed by atoms with van der Waals surface area (Å²) in [6, 6.07) is 29.7. The van der Waals surface area contributed by atoms with Gasteiger partial charge in [-0.3, -0.25) is 4.98 Å². The van der Waals surface area contributed by atoms with Crippen LogP contribution in [0.2, 0.25) is 0 Å². The number of aromatic nitrogens is 2. The van der Waals surface area contributed by atoms with Crippen LogP contribution < -0.4 is 0 Å². The number of nitrogens with zero attached hydrogens (tertiary/aromatic N) is 2. The number of para-hydroxylation sites is 3. The molecule has 2 aliphatic rings. The number of aliphatic hydroxyl groups excluding tert-OH is 2. The minimum atomic E-state index is -0.282. The second-order valence-corrected chi connectivity index (χ2v) is 11.2. The molecule has 0 spiro atoms. The molecular weight excluding hydrogens is 649 g/mol. The molecule has 4 aromatic rings. The maximum atomic E-state index is 10.5. The van der Waals surface area contributed by atoms with E-state index in [0.717, 1.165) is 41.0 Å². The molecule has 0 bridgehead atoms. The van der Waals surface area contributed by atoms with Crippen LogP contribution in [0.15, 0.2) is 78.9 Å². The van der Waals surface area contributed by atoms with Crippen molar-refractivity contribution in [2.45, 2.75) is 58.7 Å². The fourth-order valence-corrected chi connectivity index (χ4v) is 6.48. The second kappa shape index (κ2) is 12.7. The zero-order valence-electron chi connectivity index (χ0n) is 22.5. The van der Waals surface area contributed by atoms with Crippen molar-refractivity contribution in [1.29, 1.82) is 0 Å². The molecule has 2 aliphatic carbocycles. The zero-order valence-corrected chi connectivity index (χ0v) is 24.9. The van der Waals surface area contributed by atoms with Crippen molar-refractivity contribution in [2.24, 2.45) is 29.6 Å². The molecule has 5 heteroatoms. The third-order valence-corrected chi connectivity index (χ3v) is 8.60. The summed E-state index contributed by atoms with van der Waals surface area (Å²) in [5.74, 6) is 2.91. The molecule has 2 N–H and O–H groups in total. The Morgan fingerprint density at radius 2 is 1.53 bits per heavy atom. The van der Waals surface area contributed by atoms with Crippen LogP contribution in [0.5, 0.6) is 0 Å². The first-order valence-electron chi connectivity index (χ1n) is 13.8. The Labute approximate surface area is 240 Å². The molecule has 203 valence electrons. The van der Waals surface area contributed by atoms with E-state index >= 15 is 0 Å². The Kier molecular flexibility index (Phi) is 9.59. The molecule has 0 amide bonds. The normalized spacial score (nSPS) is 26.7. The molecule has 4 unspecified atom stereocenters. The number of fused-ring (bicyclic) bond motifs is 2. The Hall–Kier alpha value is -2.30. The Morgan fingerprint density at radius 3 is 2.24 bits per heavy atom. The largest absolute Gasteiger partial charge is 0.392 e. The maximum Gasteiger partial charge on any atom is 0.0774 e. The van der Waals surface area contributed by atoms with Crippen molar-refractivity contribution >= 4 is 11.0 Å². The Bertz CT molecular complexity index is 1290. The van der Waals surface area contributed by atoms with Gasteiger partial charge in [0.05, 0.1) is 29.1 Å². The van der Waals surface area contributed by atoms with Crippen LogP contribution in [0.3, 0.4) is 0 Å². The molecule has 0 saturated heterocycles. The molecule has 1 aromatic heterocycles. The summed E-state index contributed by atoms with van der Waals surface area (Å²) in [5.41, 5.74) is 4.21. The van der Waals surface area contributed by atoms with E-state index in [2.05, 4.69) is 49.6 Å². The number of rotatable bonds is 3. The molecule has 6 atom stereocenters. The van der Waals surface area contributed by atoms with E-state index in [4.69, 9.17) is 4.98 Å². The van der Waals surface area contributed by atoms with Gasteiger partial charge in [0.1, 0.15) is 0 Å². The SMILES string of the molecule is CC(C)[C@@H]1CCC2CC[C@H](C)C(O)C2C1O.[Ir].[c-]1ccccc1-c1nc2ccccc2n1-c1ccccc1. The van der Waals surface area contributed by atoms with Gasteiger partial charge in [-0.2, -0.15) is 0 Å². The van der Waals surface area contributed by atoms with E-state index in [1.54, 1.807) is 0 Å². The maximum absolute atomic E-state index is 10.5. The van der Waals surface area contributed by atoms with Gasteiger partial charge in [-0.25, -0.2) is 0 Å². The molecule has 1 radical (unpaired) electrons. The van der Waals surface area contributed by atoms with Gasteiger partial charge in [-0.1, -0.05) is 51.1 Å². The molecule has 38 heavy (non-hydrogen) atoms. The number of hydrogen-bond donors (Lipinski definition) is 2. The third kappa shape index (κ3) is 5.82. The monoisotopic (exact) mass is 688 g/mol. The second-order valence-electron chi connectivity index (χ2n) is 11.2. The van der Waals surface area contributed by atoms with Crippen LogP contribution in [0, 0.1) is 35.7 Å². The number of benzene rings is 3. The first kappa shape index (κ1) is 28.7. The molecule has 2 fully saturated rings. The summed E-state index contributed by atoms with van der Waals surface area (Å²) in [6.45, 7) is 6.49. The van der Waals surface area contributed by atoms with Gasteiger partial charge >= 0.3 is 0 Å². The van der Waals surface area contributed by atoms with E-state index in [1.807, 2.05) is 60.7 Å². The van der Waals surface area contributed by atoms with E-state index in [9.17, 15) is 10.2 Å². The summed E-state index contributed by atoms with van der Waals surface area (Å²) in [6.07, 6.45) is 4.11. The average molecular weight is 688 g/mol. The van der Waals surface area contributed by atoms with Crippen molar-refractivity contribution in [2.75, 3.05) is 0 Å². The van der Waals surface area contributed by atoms with Gasteiger partial charge in [0.2, 0.25) is 0 Å². The van der Waals surface area contributed by atoms with Crippen LogP contribution in [0.4, 0.5) is 0 Å². The standard InChI is InChI=1S/C19H13N2.C14H26O2.Ir/c1-3-9-15(10-4-1)19-20-17-13-7-8-14-18(17)21(19)16-11-5-2-6-12-16;1-8(2)11-7-6-10-5-4-9(3)13(15)12(10)14(11)16;/h1-9,11-14H;8-16H,4-7H2,1-3H3;/q-1;;/t;9-,10?,11-,12?,13?,14?;/m.0./s1. The first-order valence-corrected chi connectivity index (χ1v) is 13.8. The van der Waals surface area contributed by atoms with Crippen molar-refractivity contribution < 1.29 is 30.3 Å². The summed E-state index contributed by atoms with van der Waals surface area (Å²) < 4.78 is 2.18. The van der Waals surface area contributed by atoms with Gasteiger partial charge in [0, 0.05) is 31.7 Å².